The lowest BCUT2D eigenvalue weighted by Crippen LogP contribution is -2.05. The third-order valence-corrected chi connectivity index (χ3v) is 3.34. The van der Waals surface area contributed by atoms with Gasteiger partial charge in [0.15, 0.2) is 5.82 Å². The van der Waals surface area contributed by atoms with Crippen molar-refractivity contribution in [2.24, 2.45) is 0 Å². The highest BCUT2D eigenvalue weighted by atomic mass is 79.9. The van der Waals surface area contributed by atoms with E-state index in [0.29, 0.717) is 19.1 Å². The Morgan fingerprint density at radius 2 is 2.11 bits per heavy atom. The predicted octanol–water partition coefficient (Wildman–Crippen LogP) is 2.93. The normalized spacial score (nSPS) is 12.9. The Morgan fingerprint density at radius 3 is 2.89 bits per heavy atom. The van der Waals surface area contributed by atoms with Crippen molar-refractivity contribution >= 4 is 21.9 Å². The van der Waals surface area contributed by atoms with Crippen molar-refractivity contribution in [1.29, 1.82) is 0 Å². The summed E-state index contributed by atoms with van der Waals surface area (Å²) in [6.45, 7) is 1.25. The van der Waals surface area contributed by atoms with Gasteiger partial charge in [0, 0.05) is 23.0 Å². The van der Waals surface area contributed by atoms with Crippen LogP contribution in [-0.2, 0) is 13.0 Å². The zero-order valence-electron chi connectivity index (χ0n) is 9.99. The monoisotopic (exact) mass is 323 g/mol. The SMILES string of the molecule is Fc1cnc(NCc2cc(Br)cc3c2OCC3)nc1. The van der Waals surface area contributed by atoms with Crippen molar-refractivity contribution in [3.05, 3.63) is 45.9 Å². The van der Waals surface area contributed by atoms with Crippen molar-refractivity contribution < 1.29 is 9.13 Å². The number of benzene rings is 1. The minimum atomic E-state index is -0.447. The molecule has 0 saturated heterocycles. The Morgan fingerprint density at radius 1 is 1.32 bits per heavy atom. The van der Waals surface area contributed by atoms with Gasteiger partial charge in [0.05, 0.1) is 19.0 Å². The lowest BCUT2D eigenvalue weighted by molar-refractivity contribution is 0.354. The molecule has 0 amide bonds. The molecule has 6 heteroatoms. The van der Waals surface area contributed by atoms with E-state index in [0.717, 1.165) is 34.6 Å². The van der Waals surface area contributed by atoms with Gasteiger partial charge in [0.2, 0.25) is 5.95 Å². The maximum absolute atomic E-state index is 12.7. The van der Waals surface area contributed by atoms with E-state index in [9.17, 15) is 4.39 Å². The van der Waals surface area contributed by atoms with Gasteiger partial charge >= 0.3 is 0 Å². The topological polar surface area (TPSA) is 47.0 Å². The van der Waals surface area contributed by atoms with E-state index >= 15 is 0 Å². The highest BCUT2D eigenvalue weighted by molar-refractivity contribution is 9.10. The minimum Gasteiger partial charge on any atom is -0.493 e. The molecule has 1 N–H and O–H groups in total. The van der Waals surface area contributed by atoms with Crippen LogP contribution >= 0.6 is 15.9 Å². The van der Waals surface area contributed by atoms with Gasteiger partial charge in [-0.1, -0.05) is 15.9 Å². The van der Waals surface area contributed by atoms with Crippen LogP contribution in [0.5, 0.6) is 5.75 Å². The fraction of sp³-hybridized carbons (Fsp3) is 0.231. The maximum Gasteiger partial charge on any atom is 0.223 e. The Kier molecular flexibility index (Phi) is 3.33. The highest BCUT2D eigenvalue weighted by Gasteiger charge is 2.17. The summed E-state index contributed by atoms with van der Waals surface area (Å²) in [4.78, 5) is 7.72. The average Bonchev–Trinajstić information content (AvgIpc) is 2.85. The molecule has 0 saturated carbocycles. The number of nitrogens with zero attached hydrogens (tertiary/aromatic N) is 2. The number of anilines is 1. The molecule has 1 aromatic carbocycles. The fourth-order valence-electron chi connectivity index (χ4n) is 2.06. The van der Waals surface area contributed by atoms with Gasteiger partial charge in [-0.05, 0) is 17.7 Å². The average molecular weight is 324 g/mol. The molecule has 1 aliphatic heterocycles. The van der Waals surface area contributed by atoms with Crippen molar-refractivity contribution in [3.63, 3.8) is 0 Å². The highest BCUT2D eigenvalue weighted by Crippen LogP contribution is 2.33. The molecule has 0 fully saturated rings. The van der Waals surface area contributed by atoms with Crippen LogP contribution in [0.25, 0.3) is 0 Å². The number of rotatable bonds is 3. The second-order valence-corrected chi connectivity index (χ2v) is 5.15. The third-order valence-electron chi connectivity index (χ3n) is 2.88. The van der Waals surface area contributed by atoms with Crippen molar-refractivity contribution in [2.75, 3.05) is 11.9 Å². The first-order chi connectivity index (χ1) is 9.22. The molecule has 0 unspecified atom stereocenters. The van der Waals surface area contributed by atoms with E-state index < -0.39 is 5.82 Å². The van der Waals surface area contributed by atoms with E-state index in [1.165, 1.54) is 5.56 Å². The summed E-state index contributed by atoms with van der Waals surface area (Å²) >= 11 is 3.49. The molecule has 4 nitrogen and oxygen atoms in total. The molecule has 0 radical (unpaired) electrons. The van der Waals surface area contributed by atoms with Crippen LogP contribution in [0.2, 0.25) is 0 Å². The molecule has 2 aromatic rings. The van der Waals surface area contributed by atoms with Gasteiger partial charge in [-0.2, -0.15) is 0 Å². The number of aromatic nitrogens is 2. The molecule has 1 aliphatic rings. The number of hydrogen-bond donors (Lipinski definition) is 1. The summed E-state index contributed by atoms with van der Waals surface area (Å²) in [5, 5.41) is 3.06. The molecular formula is C13H11BrFN3O. The maximum atomic E-state index is 12.7. The number of ether oxygens (including phenoxy) is 1. The molecule has 1 aromatic heterocycles. The van der Waals surface area contributed by atoms with Gasteiger partial charge in [-0.25, -0.2) is 14.4 Å². The van der Waals surface area contributed by atoms with Gasteiger partial charge in [0.25, 0.3) is 0 Å². The molecule has 0 aliphatic carbocycles. The van der Waals surface area contributed by atoms with Crippen LogP contribution in [0.15, 0.2) is 29.0 Å². The van der Waals surface area contributed by atoms with Crippen LogP contribution in [0.3, 0.4) is 0 Å². The molecule has 0 bridgehead atoms. The van der Waals surface area contributed by atoms with E-state index in [4.69, 9.17) is 4.74 Å². The van der Waals surface area contributed by atoms with E-state index in [-0.39, 0.29) is 0 Å². The van der Waals surface area contributed by atoms with E-state index in [1.807, 2.05) is 6.07 Å². The van der Waals surface area contributed by atoms with Crippen molar-refractivity contribution in [1.82, 2.24) is 9.97 Å². The second-order valence-electron chi connectivity index (χ2n) is 4.23. The summed E-state index contributed by atoms with van der Waals surface area (Å²) in [6.07, 6.45) is 3.20. The third kappa shape index (κ3) is 2.68. The minimum absolute atomic E-state index is 0.396. The van der Waals surface area contributed by atoms with Gasteiger partial charge in [0.1, 0.15) is 5.75 Å². The first kappa shape index (κ1) is 12.3. The molecule has 2 heterocycles. The van der Waals surface area contributed by atoms with Crippen LogP contribution < -0.4 is 10.1 Å². The van der Waals surface area contributed by atoms with Crippen LogP contribution in [0.4, 0.5) is 10.3 Å². The van der Waals surface area contributed by atoms with Crippen LogP contribution in [-0.4, -0.2) is 16.6 Å². The molecule has 0 spiro atoms. The zero-order valence-corrected chi connectivity index (χ0v) is 11.6. The molecular weight excluding hydrogens is 313 g/mol. The van der Waals surface area contributed by atoms with Crippen LogP contribution in [0, 0.1) is 5.82 Å². The Labute approximate surface area is 118 Å². The van der Waals surface area contributed by atoms with Crippen LogP contribution in [0.1, 0.15) is 11.1 Å². The fourth-order valence-corrected chi connectivity index (χ4v) is 2.61. The number of halogens is 2. The van der Waals surface area contributed by atoms with Crippen molar-refractivity contribution in [3.8, 4) is 5.75 Å². The van der Waals surface area contributed by atoms with Crippen molar-refractivity contribution in [2.45, 2.75) is 13.0 Å². The summed E-state index contributed by atoms with van der Waals surface area (Å²) in [6, 6.07) is 4.07. The first-order valence-electron chi connectivity index (χ1n) is 5.88. The van der Waals surface area contributed by atoms with E-state index in [1.54, 1.807) is 0 Å². The quantitative estimate of drug-likeness (QED) is 0.943. The Hall–Kier alpha value is -1.69. The summed E-state index contributed by atoms with van der Waals surface area (Å²) in [5.74, 6) is 0.878. The van der Waals surface area contributed by atoms with Gasteiger partial charge in [-0.3, -0.25) is 0 Å². The lowest BCUT2D eigenvalue weighted by atomic mass is 10.1. The molecule has 0 atom stereocenters. The lowest BCUT2D eigenvalue weighted by Gasteiger charge is -2.10. The summed E-state index contributed by atoms with van der Waals surface area (Å²) in [7, 11) is 0. The summed E-state index contributed by atoms with van der Waals surface area (Å²) in [5.41, 5.74) is 2.24. The van der Waals surface area contributed by atoms with E-state index in [2.05, 4.69) is 37.3 Å². The smallest absolute Gasteiger partial charge is 0.223 e. The van der Waals surface area contributed by atoms with Gasteiger partial charge in [-0.15, -0.1) is 0 Å². The Balaban J connectivity index is 1.78. The summed E-state index contributed by atoms with van der Waals surface area (Å²) < 4.78 is 19.4. The Bertz CT molecular complexity index is 604. The standard InChI is InChI=1S/C13H11BrFN3O/c14-10-3-8-1-2-19-12(8)9(4-10)5-16-13-17-6-11(15)7-18-13/h3-4,6-7H,1-2,5H2,(H,16,17,18). The number of fused-ring (bicyclic) bond motifs is 1. The first-order valence-corrected chi connectivity index (χ1v) is 6.67. The second kappa shape index (κ2) is 5.13. The molecule has 98 valence electrons. The van der Waals surface area contributed by atoms with Gasteiger partial charge < -0.3 is 10.1 Å². The number of hydrogen-bond acceptors (Lipinski definition) is 4. The number of nitrogens with one attached hydrogen (secondary N) is 1. The predicted molar refractivity (Wildman–Crippen MR) is 72.7 cm³/mol. The molecule has 3 rings (SSSR count). The molecule has 19 heavy (non-hydrogen) atoms. The zero-order chi connectivity index (χ0) is 13.2. The largest absolute Gasteiger partial charge is 0.493 e.